The van der Waals surface area contributed by atoms with Crippen LogP contribution in [0.4, 0.5) is 0 Å². The van der Waals surface area contributed by atoms with Crippen LogP contribution in [0, 0.1) is 5.92 Å². The Labute approximate surface area is 117 Å². The summed E-state index contributed by atoms with van der Waals surface area (Å²) in [7, 11) is 1.65. The van der Waals surface area contributed by atoms with Crippen molar-refractivity contribution in [2.75, 3.05) is 40.0 Å². The molecule has 1 saturated heterocycles. The highest BCUT2D eigenvalue weighted by Crippen LogP contribution is 2.18. The Hall–Kier alpha value is -0.200. The first kappa shape index (κ1) is 16.9. The maximum atomic E-state index is 10.0. The second-order valence-corrected chi connectivity index (χ2v) is 5.63. The minimum atomic E-state index is -0.439. The molecule has 5 nitrogen and oxygen atoms in total. The van der Waals surface area contributed by atoms with Crippen LogP contribution in [0.5, 0.6) is 0 Å². The Kier molecular flexibility index (Phi) is 7.87. The van der Waals surface area contributed by atoms with Crippen LogP contribution < -0.4 is 5.73 Å². The highest BCUT2D eigenvalue weighted by atomic mass is 16.5. The zero-order chi connectivity index (χ0) is 14.3. The van der Waals surface area contributed by atoms with E-state index < -0.39 is 6.10 Å². The number of hydrogen-bond donors (Lipinski definition) is 2. The number of likely N-dealkylation sites (tertiary alicyclic amines) is 1. The van der Waals surface area contributed by atoms with Crippen LogP contribution in [0.25, 0.3) is 0 Å². The van der Waals surface area contributed by atoms with Gasteiger partial charge in [0.2, 0.25) is 0 Å². The third kappa shape index (κ3) is 6.19. The van der Waals surface area contributed by atoms with Gasteiger partial charge in [0.05, 0.1) is 25.4 Å². The molecule has 114 valence electrons. The molecule has 19 heavy (non-hydrogen) atoms. The van der Waals surface area contributed by atoms with E-state index in [9.17, 15) is 5.11 Å². The summed E-state index contributed by atoms with van der Waals surface area (Å²) < 4.78 is 10.5. The van der Waals surface area contributed by atoms with Crippen LogP contribution in [-0.2, 0) is 9.47 Å². The van der Waals surface area contributed by atoms with Gasteiger partial charge in [-0.25, -0.2) is 0 Å². The van der Waals surface area contributed by atoms with Crippen molar-refractivity contribution in [3.05, 3.63) is 0 Å². The van der Waals surface area contributed by atoms with Gasteiger partial charge in [-0.05, 0) is 25.8 Å². The summed E-state index contributed by atoms with van der Waals surface area (Å²) in [5.41, 5.74) is 6.09. The number of ether oxygens (including phenoxy) is 2. The van der Waals surface area contributed by atoms with Crippen molar-refractivity contribution in [3.8, 4) is 0 Å². The summed E-state index contributed by atoms with van der Waals surface area (Å²) in [6, 6.07) is 0.316. The molecule has 0 bridgehead atoms. The second-order valence-electron chi connectivity index (χ2n) is 5.63. The lowest BCUT2D eigenvalue weighted by molar-refractivity contribution is -0.0429. The molecule has 1 aliphatic rings. The van der Waals surface area contributed by atoms with Crippen molar-refractivity contribution in [3.63, 3.8) is 0 Å². The standard InChI is InChI=1S/C14H30N2O3/c1-4-12-7-16(6-5-14(12)15)8-13(17)10-19-11(2)9-18-3/h11-14,17H,4-10,15H2,1-3H3. The van der Waals surface area contributed by atoms with E-state index in [4.69, 9.17) is 15.2 Å². The molecule has 1 rings (SSSR count). The van der Waals surface area contributed by atoms with Crippen molar-refractivity contribution in [2.24, 2.45) is 11.7 Å². The Morgan fingerprint density at radius 2 is 2.16 bits per heavy atom. The van der Waals surface area contributed by atoms with Crippen molar-refractivity contribution < 1.29 is 14.6 Å². The second kappa shape index (κ2) is 8.87. The maximum absolute atomic E-state index is 10.0. The molecule has 1 aliphatic heterocycles. The van der Waals surface area contributed by atoms with Gasteiger partial charge in [0.15, 0.2) is 0 Å². The molecular weight excluding hydrogens is 244 g/mol. The van der Waals surface area contributed by atoms with Crippen LogP contribution in [0.2, 0.25) is 0 Å². The largest absolute Gasteiger partial charge is 0.389 e. The van der Waals surface area contributed by atoms with E-state index in [0.29, 0.717) is 31.7 Å². The number of nitrogens with two attached hydrogens (primary N) is 1. The van der Waals surface area contributed by atoms with Crippen LogP contribution >= 0.6 is 0 Å². The quantitative estimate of drug-likeness (QED) is 0.673. The lowest BCUT2D eigenvalue weighted by Gasteiger charge is -2.37. The van der Waals surface area contributed by atoms with E-state index in [1.54, 1.807) is 7.11 Å². The molecule has 0 spiro atoms. The Bertz CT molecular complexity index is 241. The number of β-amino-alcohol motifs (C(OH)–C–C–N with tert-alkyl or cyclic N) is 1. The molecule has 0 saturated carbocycles. The number of methoxy groups -OCH3 is 1. The number of hydrogen-bond acceptors (Lipinski definition) is 5. The molecule has 0 aliphatic carbocycles. The average molecular weight is 274 g/mol. The lowest BCUT2D eigenvalue weighted by Crippen LogP contribution is -2.49. The molecule has 1 heterocycles. The highest BCUT2D eigenvalue weighted by molar-refractivity contribution is 4.83. The monoisotopic (exact) mass is 274 g/mol. The molecule has 0 aromatic carbocycles. The molecule has 3 N–H and O–H groups in total. The molecule has 0 amide bonds. The zero-order valence-corrected chi connectivity index (χ0v) is 12.5. The molecule has 4 atom stereocenters. The molecular formula is C14H30N2O3. The highest BCUT2D eigenvalue weighted by Gasteiger charge is 2.26. The number of rotatable bonds is 8. The van der Waals surface area contributed by atoms with E-state index in [1.807, 2.05) is 6.92 Å². The van der Waals surface area contributed by atoms with Gasteiger partial charge in [-0.15, -0.1) is 0 Å². The van der Waals surface area contributed by atoms with E-state index in [0.717, 1.165) is 25.9 Å². The summed E-state index contributed by atoms with van der Waals surface area (Å²) in [4.78, 5) is 2.30. The summed E-state index contributed by atoms with van der Waals surface area (Å²) in [5, 5.41) is 10.0. The Morgan fingerprint density at radius 1 is 1.42 bits per heavy atom. The van der Waals surface area contributed by atoms with Gasteiger partial charge in [0.1, 0.15) is 0 Å². The van der Waals surface area contributed by atoms with Crippen LogP contribution in [0.1, 0.15) is 26.7 Å². The number of aliphatic hydroxyl groups excluding tert-OH is 1. The van der Waals surface area contributed by atoms with E-state index in [-0.39, 0.29) is 6.10 Å². The lowest BCUT2D eigenvalue weighted by atomic mass is 9.90. The molecule has 5 heteroatoms. The molecule has 1 fully saturated rings. The Morgan fingerprint density at radius 3 is 2.79 bits per heavy atom. The van der Waals surface area contributed by atoms with Crippen LogP contribution in [0.15, 0.2) is 0 Å². The molecule has 4 unspecified atom stereocenters. The van der Waals surface area contributed by atoms with Crippen molar-refractivity contribution >= 4 is 0 Å². The molecule has 0 aromatic heterocycles. The van der Waals surface area contributed by atoms with Gasteiger partial charge in [-0.2, -0.15) is 0 Å². The van der Waals surface area contributed by atoms with Gasteiger partial charge in [-0.1, -0.05) is 13.3 Å². The van der Waals surface area contributed by atoms with Crippen LogP contribution in [0.3, 0.4) is 0 Å². The third-order valence-electron chi connectivity index (χ3n) is 3.84. The number of piperidine rings is 1. The molecule has 0 aromatic rings. The minimum absolute atomic E-state index is 0.0258. The normalized spacial score (nSPS) is 28.3. The first-order valence-electron chi connectivity index (χ1n) is 7.33. The molecule has 0 radical (unpaired) electrons. The Balaban J connectivity index is 2.22. The fourth-order valence-electron chi connectivity index (χ4n) is 2.63. The number of nitrogens with zero attached hydrogens (tertiary/aromatic N) is 1. The van der Waals surface area contributed by atoms with Gasteiger partial charge in [0.25, 0.3) is 0 Å². The summed E-state index contributed by atoms with van der Waals surface area (Å²) in [5.74, 6) is 0.550. The first-order chi connectivity index (χ1) is 9.06. The fraction of sp³-hybridized carbons (Fsp3) is 1.00. The predicted molar refractivity (Wildman–Crippen MR) is 76.1 cm³/mol. The average Bonchev–Trinajstić information content (AvgIpc) is 2.39. The number of aliphatic hydroxyl groups is 1. The van der Waals surface area contributed by atoms with Gasteiger partial charge in [-0.3, -0.25) is 0 Å². The SMILES string of the molecule is CCC1CN(CC(O)COC(C)COC)CCC1N. The van der Waals surface area contributed by atoms with Crippen LogP contribution in [-0.4, -0.2) is 68.2 Å². The first-order valence-corrected chi connectivity index (χ1v) is 7.33. The maximum Gasteiger partial charge on any atom is 0.0900 e. The fourth-order valence-corrected chi connectivity index (χ4v) is 2.63. The zero-order valence-electron chi connectivity index (χ0n) is 12.5. The predicted octanol–water partition coefficient (Wildman–Crippen LogP) is 0.458. The van der Waals surface area contributed by atoms with E-state index >= 15 is 0 Å². The van der Waals surface area contributed by atoms with Gasteiger partial charge >= 0.3 is 0 Å². The van der Waals surface area contributed by atoms with E-state index in [2.05, 4.69) is 11.8 Å². The van der Waals surface area contributed by atoms with Gasteiger partial charge < -0.3 is 25.2 Å². The van der Waals surface area contributed by atoms with Crippen molar-refractivity contribution in [1.82, 2.24) is 4.90 Å². The summed E-state index contributed by atoms with van der Waals surface area (Å²) in [6.07, 6.45) is 1.71. The third-order valence-corrected chi connectivity index (χ3v) is 3.84. The summed E-state index contributed by atoms with van der Waals surface area (Å²) in [6.45, 7) is 7.68. The van der Waals surface area contributed by atoms with Gasteiger partial charge in [0, 0.05) is 26.2 Å². The van der Waals surface area contributed by atoms with E-state index in [1.165, 1.54) is 0 Å². The summed E-state index contributed by atoms with van der Waals surface area (Å²) >= 11 is 0. The van der Waals surface area contributed by atoms with Crippen molar-refractivity contribution in [2.45, 2.75) is 44.9 Å². The smallest absolute Gasteiger partial charge is 0.0900 e. The van der Waals surface area contributed by atoms with Crippen molar-refractivity contribution in [1.29, 1.82) is 0 Å². The minimum Gasteiger partial charge on any atom is -0.389 e. The topological polar surface area (TPSA) is 68.0 Å².